The Kier molecular flexibility index (Phi) is 2.42. The molecule has 1 fully saturated rings. The second kappa shape index (κ2) is 2.93. The molecule has 0 N–H and O–H groups in total. The van der Waals surface area contributed by atoms with Crippen molar-refractivity contribution in [3.8, 4) is 0 Å². The molecule has 0 saturated carbocycles. The third-order valence-corrected chi connectivity index (χ3v) is 3.54. The molecular weight excluding hydrogens is 130 g/mol. The standard InChI is InChI=1S/C7H15NS/c1-6-7(2)9-5-4-8(6)3/h6-7H,4-5H2,1-3H3. The minimum atomic E-state index is 0.767. The van der Waals surface area contributed by atoms with Crippen LogP contribution in [0.1, 0.15) is 13.8 Å². The van der Waals surface area contributed by atoms with Gasteiger partial charge < -0.3 is 4.90 Å². The van der Waals surface area contributed by atoms with E-state index < -0.39 is 0 Å². The van der Waals surface area contributed by atoms with Gasteiger partial charge in [-0.1, -0.05) is 6.92 Å². The minimum absolute atomic E-state index is 0.767. The molecule has 2 atom stereocenters. The lowest BCUT2D eigenvalue weighted by Crippen LogP contribution is -2.41. The van der Waals surface area contributed by atoms with Crippen molar-refractivity contribution in [1.29, 1.82) is 0 Å². The predicted octanol–water partition coefficient (Wildman–Crippen LogP) is 1.44. The fraction of sp³-hybridized carbons (Fsp3) is 1.00. The highest BCUT2D eigenvalue weighted by Crippen LogP contribution is 2.22. The van der Waals surface area contributed by atoms with Gasteiger partial charge in [0.25, 0.3) is 0 Å². The molecule has 1 aliphatic rings. The van der Waals surface area contributed by atoms with Crippen LogP contribution in [0.15, 0.2) is 0 Å². The van der Waals surface area contributed by atoms with Crippen molar-refractivity contribution in [2.75, 3.05) is 19.3 Å². The van der Waals surface area contributed by atoms with Crippen molar-refractivity contribution >= 4 is 11.8 Å². The quantitative estimate of drug-likeness (QED) is 0.507. The van der Waals surface area contributed by atoms with E-state index in [1.165, 1.54) is 12.3 Å². The smallest absolute Gasteiger partial charge is 0.0181 e. The Balaban J connectivity index is 2.41. The van der Waals surface area contributed by atoms with Crippen molar-refractivity contribution in [2.45, 2.75) is 25.1 Å². The van der Waals surface area contributed by atoms with Crippen LogP contribution in [0, 0.1) is 0 Å². The summed E-state index contributed by atoms with van der Waals surface area (Å²) in [5.74, 6) is 1.31. The van der Waals surface area contributed by atoms with Crippen LogP contribution in [0.25, 0.3) is 0 Å². The summed E-state index contributed by atoms with van der Waals surface area (Å²) in [7, 11) is 2.21. The van der Waals surface area contributed by atoms with Gasteiger partial charge in [-0.15, -0.1) is 0 Å². The van der Waals surface area contributed by atoms with E-state index in [-0.39, 0.29) is 0 Å². The van der Waals surface area contributed by atoms with E-state index >= 15 is 0 Å². The first kappa shape index (κ1) is 7.42. The Bertz CT molecular complexity index is 84.9. The number of nitrogens with zero attached hydrogens (tertiary/aromatic N) is 1. The van der Waals surface area contributed by atoms with Gasteiger partial charge >= 0.3 is 0 Å². The Morgan fingerprint density at radius 3 is 2.56 bits per heavy atom. The van der Waals surface area contributed by atoms with Gasteiger partial charge in [-0.3, -0.25) is 0 Å². The molecule has 0 spiro atoms. The molecule has 1 saturated heterocycles. The van der Waals surface area contributed by atoms with Gasteiger partial charge in [0, 0.05) is 23.6 Å². The lowest BCUT2D eigenvalue weighted by Gasteiger charge is -2.34. The van der Waals surface area contributed by atoms with Gasteiger partial charge in [-0.2, -0.15) is 11.8 Å². The molecule has 2 heteroatoms. The first-order valence-electron chi connectivity index (χ1n) is 3.53. The van der Waals surface area contributed by atoms with Gasteiger partial charge in [0.15, 0.2) is 0 Å². The monoisotopic (exact) mass is 145 g/mol. The molecule has 0 aromatic carbocycles. The number of hydrogen-bond donors (Lipinski definition) is 0. The first-order valence-corrected chi connectivity index (χ1v) is 4.58. The highest BCUT2D eigenvalue weighted by atomic mass is 32.2. The van der Waals surface area contributed by atoms with Crippen LogP contribution in [0.2, 0.25) is 0 Å². The van der Waals surface area contributed by atoms with Gasteiger partial charge in [-0.05, 0) is 14.0 Å². The maximum Gasteiger partial charge on any atom is 0.0181 e. The molecule has 1 nitrogen and oxygen atoms in total. The summed E-state index contributed by atoms with van der Waals surface area (Å²) in [4.78, 5) is 2.43. The average Bonchev–Trinajstić information content (AvgIpc) is 1.83. The van der Waals surface area contributed by atoms with Crippen LogP contribution >= 0.6 is 11.8 Å². The third kappa shape index (κ3) is 1.62. The first-order chi connectivity index (χ1) is 4.22. The molecule has 1 rings (SSSR count). The van der Waals surface area contributed by atoms with Crippen molar-refractivity contribution in [3.63, 3.8) is 0 Å². The molecule has 0 aliphatic carbocycles. The van der Waals surface area contributed by atoms with Crippen molar-refractivity contribution in [2.24, 2.45) is 0 Å². The number of rotatable bonds is 0. The largest absolute Gasteiger partial charge is 0.302 e. The zero-order valence-corrected chi connectivity index (χ0v) is 7.24. The van der Waals surface area contributed by atoms with E-state index in [1.807, 2.05) is 0 Å². The van der Waals surface area contributed by atoms with Crippen LogP contribution in [0.3, 0.4) is 0 Å². The lowest BCUT2D eigenvalue weighted by atomic mass is 10.2. The van der Waals surface area contributed by atoms with Gasteiger partial charge in [-0.25, -0.2) is 0 Å². The molecular formula is C7H15NS. The zero-order chi connectivity index (χ0) is 6.85. The molecule has 0 radical (unpaired) electrons. The van der Waals surface area contributed by atoms with Crippen LogP contribution in [0.4, 0.5) is 0 Å². The fourth-order valence-electron chi connectivity index (χ4n) is 1.08. The van der Waals surface area contributed by atoms with Crippen LogP contribution in [-0.2, 0) is 0 Å². The van der Waals surface area contributed by atoms with E-state index in [1.54, 1.807) is 0 Å². The molecule has 0 bridgehead atoms. The summed E-state index contributed by atoms with van der Waals surface area (Å²) in [5, 5.41) is 0.823. The van der Waals surface area contributed by atoms with Crippen LogP contribution in [-0.4, -0.2) is 35.5 Å². The Hall–Kier alpha value is 0.310. The van der Waals surface area contributed by atoms with E-state index in [0.29, 0.717) is 0 Å². The average molecular weight is 145 g/mol. The predicted molar refractivity (Wildman–Crippen MR) is 44.0 cm³/mol. The van der Waals surface area contributed by atoms with Crippen molar-refractivity contribution in [1.82, 2.24) is 4.90 Å². The summed E-state index contributed by atoms with van der Waals surface area (Å²) < 4.78 is 0. The SMILES string of the molecule is CC1SCCN(C)C1C. The van der Waals surface area contributed by atoms with Gasteiger partial charge in [0.1, 0.15) is 0 Å². The Morgan fingerprint density at radius 2 is 2.11 bits per heavy atom. The topological polar surface area (TPSA) is 3.24 Å². The summed E-state index contributed by atoms with van der Waals surface area (Å²) in [6.07, 6.45) is 0. The maximum atomic E-state index is 2.43. The Morgan fingerprint density at radius 1 is 1.44 bits per heavy atom. The zero-order valence-electron chi connectivity index (χ0n) is 6.42. The lowest BCUT2D eigenvalue weighted by molar-refractivity contribution is 0.263. The maximum absolute atomic E-state index is 2.43. The molecule has 0 aromatic heterocycles. The highest BCUT2D eigenvalue weighted by Gasteiger charge is 2.21. The molecule has 1 aliphatic heterocycles. The van der Waals surface area contributed by atoms with E-state index in [4.69, 9.17) is 0 Å². The summed E-state index contributed by atoms with van der Waals surface area (Å²) in [6.45, 7) is 5.87. The molecule has 0 aromatic rings. The van der Waals surface area contributed by atoms with Crippen LogP contribution in [0.5, 0.6) is 0 Å². The molecule has 54 valence electrons. The summed E-state index contributed by atoms with van der Waals surface area (Å²) >= 11 is 2.09. The second-order valence-corrected chi connectivity index (χ2v) is 4.28. The van der Waals surface area contributed by atoms with Gasteiger partial charge in [0.05, 0.1) is 0 Å². The molecule has 9 heavy (non-hydrogen) atoms. The Labute approximate surface area is 61.8 Å². The van der Waals surface area contributed by atoms with Crippen molar-refractivity contribution < 1.29 is 0 Å². The molecule has 1 heterocycles. The molecule has 0 amide bonds. The summed E-state index contributed by atoms with van der Waals surface area (Å²) in [6, 6.07) is 0.767. The minimum Gasteiger partial charge on any atom is -0.302 e. The van der Waals surface area contributed by atoms with E-state index in [0.717, 1.165) is 11.3 Å². The normalized spacial score (nSPS) is 39.0. The number of hydrogen-bond acceptors (Lipinski definition) is 2. The van der Waals surface area contributed by atoms with Gasteiger partial charge in [0.2, 0.25) is 0 Å². The van der Waals surface area contributed by atoms with E-state index in [9.17, 15) is 0 Å². The van der Waals surface area contributed by atoms with Crippen LogP contribution < -0.4 is 0 Å². The molecule has 2 unspecified atom stereocenters. The third-order valence-electron chi connectivity index (χ3n) is 2.20. The second-order valence-electron chi connectivity index (χ2n) is 2.80. The summed E-state index contributed by atoms with van der Waals surface area (Å²) in [5.41, 5.74) is 0. The fourth-order valence-corrected chi connectivity index (χ4v) is 2.34. The number of thioether (sulfide) groups is 1. The van der Waals surface area contributed by atoms with Crippen molar-refractivity contribution in [3.05, 3.63) is 0 Å². The van der Waals surface area contributed by atoms with E-state index in [2.05, 4.69) is 37.6 Å². The highest BCUT2D eigenvalue weighted by molar-refractivity contribution is 8.00.